The van der Waals surface area contributed by atoms with Gasteiger partial charge in [0.2, 0.25) is 0 Å². The number of benzene rings is 1. The van der Waals surface area contributed by atoms with E-state index < -0.39 is 4.92 Å². The topological polar surface area (TPSA) is 69.2 Å². The quantitative estimate of drug-likeness (QED) is 0.620. The molecule has 0 amide bonds. The van der Waals surface area contributed by atoms with Gasteiger partial charge in [-0.1, -0.05) is 21.1 Å². The fourth-order valence-corrected chi connectivity index (χ4v) is 1.57. The van der Waals surface area contributed by atoms with Crippen LogP contribution in [0.4, 0.5) is 5.69 Å². The Balaban J connectivity index is 2.61. The van der Waals surface area contributed by atoms with E-state index in [0.717, 1.165) is 0 Å². The van der Waals surface area contributed by atoms with Crippen LogP contribution in [-0.2, 0) is 0 Å². The lowest BCUT2D eigenvalue weighted by Gasteiger charge is -1.98. The first-order valence-corrected chi connectivity index (χ1v) is 4.82. The van der Waals surface area contributed by atoms with Crippen LogP contribution in [-0.4, -0.2) is 10.1 Å². The van der Waals surface area contributed by atoms with Crippen molar-refractivity contribution >= 4 is 21.6 Å². The van der Waals surface area contributed by atoms with E-state index in [2.05, 4.69) is 25.6 Å². The number of rotatable bonds is 2. The van der Waals surface area contributed by atoms with Crippen molar-refractivity contribution < 1.29 is 9.45 Å². The molecule has 1 aromatic carbocycles. The molecule has 0 fully saturated rings. The Labute approximate surface area is 93.0 Å². The van der Waals surface area contributed by atoms with Crippen LogP contribution >= 0.6 is 15.9 Å². The molecule has 0 bridgehead atoms. The van der Waals surface area contributed by atoms with Gasteiger partial charge in [-0.05, 0) is 12.1 Å². The molecule has 0 radical (unpaired) electrons. The van der Waals surface area contributed by atoms with Gasteiger partial charge in [0.1, 0.15) is 12.0 Å². The molecule has 0 saturated heterocycles. The Bertz CT molecular complexity index is 496. The molecule has 1 aromatic heterocycles. The zero-order valence-electron chi connectivity index (χ0n) is 7.38. The molecule has 0 aliphatic heterocycles. The average molecular weight is 269 g/mol. The Kier molecular flexibility index (Phi) is 2.51. The van der Waals surface area contributed by atoms with Gasteiger partial charge < -0.3 is 4.52 Å². The van der Waals surface area contributed by atoms with Gasteiger partial charge >= 0.3 is 0 Å². The molecule has 0 aliphatic carbocycles. The zero-order valence-corrected chi connectivity index (χ0v) is 8.97. The molecule has 2 rings (SSSR count). The summed E-state index contributed by atoms with van der Waals surface area (Å²) in [6.45, 7) is 0. The minimum absolute atomic E-state index is 0.00160. The second-order valence-corrected chi connectivity index (χ2v) is 3.72. The number of nitrogens with zero attached hydrogens (tertiary/aromatic N) is 2. The fraction of sp³-hybridized carbons (Fsp3) is 0. The van der Waals surface area contributed by atoms with Crippen molar-refractivity contribution in [1.82, 2.24) is 5.16 Å². The van der Waals surface area contributed by atoms with Gasteiger partial charge in [-0.2, -0.15) is 0 Å². The lowest BCUT2D eigenvalue weighted by Crippen LogP contribution is -1.91. The van der Waals surface area contributed by atoms with Gasteiger partial charge in [-0.25, -0.2) is 0 Å². The molecule has 0 saturated carbocycles. The molecular weight excluding hydrogens is 264 g/mol. The first kappa shape index (κ1) is 9.85. The summed E-state index contributed by atoms with van der Waals surface area (Å²) in [6.07, 6.45) is 1.38. The third-order valence-electron chi connectivity index (χ3n) is 1.87. The van der Waals surface area contributed by atoms with Crippen molar-refractivity contribution in [2.45, 2.75) is 0 Å². The van der Waals surface area contributed by atoms with E-state index >= 15 is 0 Å². The molecule has 2 aromatic rings. The summed E-state index contributed by atoms with van der Waals surface area (Å²) in [5.74, 6) is 0. The monoisotopic (exact) mass is 268 g/mol. The summed E-state index contributed by atoms with van der Waals surface area (Å²) in [4.78, 5) is 10.3. The van der Waals surface area contributed by atoms with Gasteiger partial charge in [-0.3, -0.25) is 10.1 Å². The van der Waals surface area contributed by atoms with Gasteiger partial charge in [0.05, 0.1) is 10.5 Å². The number of hydrogen-bond donors (Lipinski definition) is 0. The second-order valence-electron chi connectivity index (χ2n) is 2.80. The third-order valence-corrected chi connectivity index (χ3v) is 2.36. The van der Waals surface area contributed by atoms with E-state index in [4.69, 9.17) is 0 Å². The minimum Gasteiger partial charge on any atom is -0.364 e. The number of nitro benzene ring substituents is 1. The standard InChI is InChI=1S/C9H5BrN2O3/c10-6-1-2-7(8-3-4-15-11-8)9(5-6)12(13)14/h1-5H. The SMILES string of the molecule is O=[N+]([O-])c1cc(Br)ccc1-c1ccon1. The molecule has 5 nitrogen and oxygen atoms in total. The first-order chi connectivity index (χ1) is 7.18. The lowest BCUT2D eigenvalue weighted by molar-refractivity contribution is -0.384. The van der Waals surface area contributed by atoms with E-state index in [0.29, 0.717) is 15.7 Å². The van der Waals surface area contributed by atoms with Gasteiger partial charge in [0.15, 0.2) is 0 Å². The van der Waals surface area contributed by atoms with Crippen LogP contribution in [0.15, 0.2) is 39.5 Å². The van der Waals surface area contributed by atoms with Crippen molar-refractivity contribution in [3.8, 4) is 11.3 Å². The number of hydrogen-bond acceptors (Lipinski definition) is 4. The molecule has 15 heavy (non-hydrogen) atoms. The number of halogens is 1. The summed E-state index contributed by atoms with van der Waals surface area (Å²) in [6, 6.07) is 6.36. The predicted molar refractivity (Wildman–Crippen MR) is 56.3 cm³/mol. The average Bonchev–Trinajstić information content (AvgIpc) is 2.70. The highest BCUT2D eigenvalue weighted by molar-refractivity contribution is 9.10. The van der Waals surface area contributed by atoms with E-state index in [1.807, 2.05) is 0 Å². The maximum Gasteiger partial charge on any atom is 0.280 e. The maximum absolute atomic E-state index is 10.8. The molecule has 1 heterocycles. The summed E-state index contributed by atoms with van der Waals surface area (Å²) < 4.78 is 5.30. The van der Waals surface area contributed by atoms with Crippen LogP contribution in [0.5, 0.6) is 0 Å². The highest BCUT2D eigenvalue weighted by atomic mass is 79.9. The molecule has 76 valence electrons. The summed E-state index contributed by atoms with van der Waals surface area (Å²) >= 11 is 3.18. The van der Waals surface area contributed by atoms with Crippen molar-refractivity contribution in [3.63, 3.8) is 0 Å². The Morgan fingerprint density at radius 1 is 1.40 bits per heavy atom. The zero-order chi connectivity index (χ0) is 10.8. The van der Waals surface area contributed by atoms with E-state index in [1.165, 1.54) is 12.3 Å². The molecule has 0 atom stereocenters. The van der Waals surface area contributed by atoms with E-state index in [-0.39, 0.29) is 5.69 Å². The predicted octanol–water partition coefficient (Wildman–Crippen LogP) is 3.01. The largest absolute Gasteiger partial charge is 0.364 e. The third kappa shape index (κ3) is 1.89. The minimum atomic E-state index is -0.450. The van der Waals surface area contributed by atoms with Crippen LogP contribution in [0.3, 0.4) is 0 Å². The Morgan fingerprint density at radius 2 is 2.20 bits per heavy atom. The second kappa shape index (κ2) is 3.82. The van der Waals surface area contributed by atoms with Crippen molar-refractivity contribution in [2.24, 2.45) is 0 Å². The van der Waals surface area contributed by atoms with Crippen molar-refractivity contribution in [3.05, 3.63) is 45.1 Å². The number of nitro groups is 1. The summed E-state index contributed by atoms with van der Waals surface area (Å²) in [5, 5.41) is 14.5. The van der Waals surface area contributed by atoms with Crippen LogP contribution in [0.2, 0.25) is 0 Å². The van der Waals surface area contributed by atoms with Gasteiger partial charge in [0.25, 0.3) is 5.69 Å². The van der Waals surface area contributed by atoms with Gasteiger partial charge in [0, 0.05) is 16.6 Å². The van der Waals surface area contributed by atoms with E-state index in [9.17, 15) is 10.1 Å². The maximum atomic E-state index is 10.8. The van der Waals surface area contributed by atoms with E-state index in [1.54, 1.807) is 18.2 Å². The smallest absolute Gasteiger partial charge is 0.280 e. The lowest BCUT2D eigenvalue weighted by atomic mass is 10.1. The Morgan fingerprint density at radius 3 is 2.80 bits per heavy atom. The highest BCUT2D eigenvalue weighted by Gasteiger charge is 2.17. The van der Waals surface area contributed by atoms with Crippen LogP contribution < -0.4 is 0 Å². The molecular formula is C9H5BrN2O3. The summed E-state index contributed by atoms with van der Waals surface area (Å²) in [5.41, 5.74) is 0.893. The molecule has 6 heteroatoms. The fourth-order valence-electron chi connectivity index (χ4n) is 1.22. The Hall–Kier alpha value is -1.69. The molecule has 0 N–H and O–H groups in total. The van der Waals surface area contributed by atoms with Crippen LogP contribution in [0.25, 0.3) is 11.3 Å². The molecule has 0 aliphatic rings. The van der Waals surface area contributed by atoms with Crippen LogP contribution in [0.1, 0.15) is 0 Å². The number of aromatic nitrogens is 1. The molecule has 0 unspecified atom stereocenters. The first-order valence-electron chi connectivity index (χ1n) is 4.03. The van der Waals surface area contributed by atoms with Crippen molar-refractivity contribution in [2.75, 3.05) is 0 Å². The molecule has 0 spiro atoms. The highest BCUT2D eigenvalue weighted by Crippen LogP contribution is 2.31. The van der Waals surface area contributed by atoms with Crippen LogP contribution in [0, 0.1) is 10.1 Å². The van der Waals surface area contributed by atoms with Crippen molar-refractivity contribution in [1.29, 1.82) is 0 Å². The summed E-state index contributed by atoms with van der Waals surface area (Å²) in [7, 11) is 0. The van der Waals surface area contributed by atoms with Gasteiger partial charge in [-0.15, -0.1) is 0 Å². The normalized spacial score (nSPS) is 10.2.